The van der Waals surface area contributed by atoms with Crippen LogP contribution in [-0.2, 0) is 0 Å². The average Bonchev–Trinajstić information content (AvgIpc) is 2.49. The van der Waals surface area contributed by atoms with Gasteiger partial charge in [0.2, 0.25) is 5.82 Å². The van der Waals surface area contributed by atoms with Crippen molar-refractivity contribution in [1.29, 1.82) is 0 Å². The van der Waals surface area contributed by atoms with E-state index in [-0.39, 0.29) is 0 Å². The second-order valence-corrected chi connectivity index (χ2v) is 3.87. The third kappa shape index (κ3) is 5.16. The molecule has 0 fully saturated rings. The maximum atomic E-state index is 12.6. The van der Waals surface area contributed by atoms with Crippen molar-refractivity contribution in [3.63, 3.8) is 0 Å². The molecule has 0 saturated heterocycles. The zero-order valence-corrected chi connectivity index (χ0v) is 11.7. The Hall–Kier alpha value is -3.03. The molecule has 0 amide bonds. The minimum atomic E-state index is -1.09. The van der Waals surface area contributed by atoms with Crippen LogP contribution in [0.4, 0.5) is 21.5 Å². The van der Waals surface area contributed by atoms with Crippen molar-refractivity contribution in [1.82, 2.24) is 0 Å². The topological polar surface area (TPSA) is 98.6 Å². The van der Waals surface area contributed by atoms with Gasteiger partial charge < -0.3 is 0 Å². The number of hydrogen-bond donors (Lipinski definition) is 0. The lowest BCUT2D eigenvalue weighted by Gasteiger charge is -1.93. The van der Waals surface area contributed by atoms with Gasteiger partial charge in [-0.15, -0.1) is 0 Å². The van der Waals surface area contributed by atoms with Gasteiger partial charge in [0.25, 0.3) is 5.69 Å². The van der Waals surface area contributed by atoms with E-state index in [0.717, 1.165) is 11.8 Å². The molecule has 0 radical (unpaired) electrons. The number of para-hydroxylation sites is 1. The molecular weight excluding hydrogens is 313 g/mol. The molecule has 0 saturated carbocycles. The molecule has 0 aliphatic heterocycles. The van der Waals surface area contributed by atoms with Gasteiger partial charge in [-0.3, -0.25) is 20.2 Å². The summed E-state index contributed by atoms with van der Waals surface area (Å²) in [6.07, 6.45) is 0. The number of nitro groups is 2. The molecule has 22 heavy (non-hydrogen) atoms. The molecule has 0 N–H and O–H groups in total. The number of non-ortho nitro benzene ring substituents is 1. The number of halogens is 1. The molecule has 112 valence electrons. The van der Waals surface area contributed by atoms with E-state index < -0.39 is 27.0 Å². The van der Waals surface area contributed by atoms with E-state index in [2.05, 4.69) is 22.4 Å². The van der Waals surface area contributed by atoms with Crippen LogP contribution in [-0.4, -0.2) is 15.0 Å². The Morgan fingerprint density at radius 2 is 1.68 bits per heavy atom. The molecule has 0 bridgehead atoms. The van der Waals surface area contributed by atoms with Crippen LogP contribution in [0.15, 0.2) is 53.5 Å². The number of thiocarbonyl (C=S) groups is 1. The molecule has 0 unspecified atom stereocenters. The van der Waals surface area contributed by atoms with Gasteiger partial charge in [-0.2, -0.15) is 9.38 Å². The summed E-state index contributed by atoms with van der Waals surface area (Å²) in [6.45, 7) is 0. The highest BCUT2D eigenvalue weighted by molar-refractivity contribution is 7.78. The lowest BCUT2D eigenvalue weighted by atomic mass is 10.3. The van der Waals surface area contributed by atoms with Crippen molar-refractivity contribution in [2.75, 3.05) is 0 Å². The fourth-order valence-corrected chi connectivity index (χ4v) is 1.42. The predicted molar refractivity (Wildman–Crippen MR) is 80.8 cm³/mol. The molecular formula is C13H8FN3O4S. The maximum Gasteiger partial charge on any atom is 0.311 e. The van der Waals surface area contributed by atoms with Gasteiger partial charge in [-0.1, -0.05) is 18.2 Å². The fraction of sp³-hybridized carbons (Fsp3) is 0. The monoisotopic (exact) mass is 321 g/mol. The SMILES string of the molecule is O=[N+]([O-])c1ccc(F)c([N+](=O)[O-])c1.S=C=Nc1ccccc1. The molecule has 0 aliphatic carbocycles. The smallest absolute Gasteiger partial charge is 0.258 e. The van der Waals surface area contributed by atoms with Gasteiger partial charge in [0.05, 0.1) is 26.8 Å². The first-order chi connectivity index (χ1) is 10.5. The molecule has 9 heteroatoms. The molecule has 0 aromatic heterocycles. The van der Waals surface area contributed by atoms with E-state index >= 15 is 0 Å². The molecule has 2 rings (SSSR count). The standard InChI is InChI=1S/C7H5NS.C6H3FN2O4/c9-6-8-7-4-2-1-3-5-7;7-5-2-1-4(8(10)11)3-6(5)9(12)13/h1-5H;1-3H. The van der Waals surface area contributed by atoms with Crippen LogP contribution in [0.1, 0.15) is 0 Å². The Morgan fingerprint density at radius 3 is 2.18 bits per heavy atom. The number of rotatable bonds is 3. The van der Waals surface area contributed by atoms with Crippen LogP contribution >= 0.6 is 12.2 Å². The predicted octanol–water partition coefficient (Wildman–Crippen LogP) is 4.06. The number of aliphatic imine (C=N–C) groups is 1. The largest absolute Gasteiger partial charge is 0.311 e. The molecule has 0 aliphatic rings. The highest BCUT2D eigenvalue weighted by Crippen LogP contribution is 2.22. The van der Waals surface area contributed by atoms with Crippen molar-refractivity contribution < 1.29 is 14.2 Å². The van der Waals surface area contributed by atoms with Crippen molar-refractivity contribution in [2.24, 2.45) is 4.99 Å². The van der Waals surface area contributed by atoms with Crippen LogP contribution in [0, 0.1) is 26.0 Å². The number of nitrogens with zero attached hydrogens (tertiary/aromatic N) is 3. The third-order valence-electron chi connectivity index (χ3n) is 2.27. The molecule has 0 atom stereocenters. The first-order valence-electron chi connectivity index (χ1n) is 5.67. The van der Waals surface area contributed by atoms with Gasteiger partial charge in [-0.05, 0) is 30.4 Å². The number of hydrogen-bond acceptors (Lipinski definition) is 6. The van der Waals surface area contributed by atoms with E-state index in [9.17, 15) is 24.6 Å². The second kappa shape index (κ2) is 8.30. The summed E-state index contributed by atoms with van der Waals surface area (Å²) in [4.78, 5) is 22.2. The minimum absolute atomic E-state index is 0.506. The summed E-state index contributed by atoms with van der Waals surface area (Å²) >= 11 is 4.42. The first kappa shape index (κ1) is 17.0. The molecule has 2 aromatic rings. The summed E-state index contributed by atoms with van der Waals surface area (Å²) in [5.74, 6) is -1.09. The van der Waals surface area contributed by atoms with E-state index in [1.807, 2.05) is 30.3 Å². The van der Waals surface area contributed by atoms with Gasteiger partial charge in [0.15, 0.2) is 0 Å². The van der Waals surface area contributed by atoms with Crippen LogP contribution < -0.4 is 0 Å². The Labute approximate surface area is 129 Å². The van der Waals surface area contributed by atoms with Gasteiger partial charge in [0.1, 0.15) is 0 Å². The van der Waals surface area contributed by atoms with Crippen LogP contribution in [0.3, 0.4) is 0 Å². The molecule has 7 nitrogen and oxygen atoms in total. The Balaban J connectivity index is 0.000000235. The quantitative estimate of drug-likeness (QED) is 0.367. The van der Waals surface area contributed by atoms with Crippen molar-refractivity contribution >= 4 is 34.4 Å². The van der Waals surface area contributed by atoms with Gasteiger partial charge >= 0.3 is 5.69 Å². The highest BCUT2D eigenvalue weighted by Gasteiger charge is 2.18. The summed E-state index contributed by atoms with van der Waals surface area (Å²) in [6, 6.07) is 11.6. The van der Waals surface area contributed by atoms with Gasteiger partial charge in [-0.25, -0.2) is 0 Å². The summed E-state index contributed by atoms with van der Waals surface area (Å²) in [5, 5.41) is 22.6. The normalized spacial score (nSPS) is 8.95. The summed E-state index contributed by atoms with van der Waals surface area (Å²) < 4.78 is 12.6. The van der Waals surface area contributed by atoms with E-state index in [4.69, 9.17) is 0 Å². The zero-order valence-electron chi connectivity index (χ0n) is 10.9. The third-order valence-corrected chi connectivity index (χ3v) is 2.36. The van der Waals surface area contributed by atoms with E-state index in [0.29, 0.717) is 12.1 Å². The van der Waals surface area contributed by atoms with Crippen LogP contribution in [0.5, 0.6) is 0 Å². The minimum Gasteiger partial charge on any atom is -0.258 e. The molecule has 2 aromatic carbocycles. The number of benzene rings is 2. The summed E-state index contributed by atoms with van der Waals surface area (Å²) in [7, 11) is 0. The average molecular weight is 321 g/mol. The van der Waals surface area contributed by atoms with Crippen LogP contribution in [0.25, 0.3) is 0 Å². The number of isothiocyanates is 1. The second-order valence-electron chi connectivity index (χ2n) is 3.69. The van der Waals surface area contributed by atoms with E-state index in [1.54, 1.807) is 0 Å². The summed E-state index contributed by atoms with van der Waals surface area (Å²) in [5.41, 5.74) is -0.546. The highest BCUT2D eigenvalue weighted by atomic mass is 32.1. The Bertz CT molecular complexity index is 733. The van der Waals surface area contributed by atoms with Crippen molar-refractivity contribution in [3.8, 4) is 0 Å². The zero-order chi connectivity index (χ0) is 16.5. The maximum absolute atomic E-state index is 12.6. The molecule has 0 heterocycles. The first-order valence-corrected chi connectivity index (χ1v) is 6.07. The van der Waals surface area contributed by atoms with Crippen molar-refractivity contribution in [2.45, 2.75) is 0 Å². The Kier molecular flexibility index (Phi) is 6.42. The van der Waals surface area contributed by atoms with Crippen LogP contribution in [0.2, 0.25) is 0 Å². The molecule has 0 spiro atoms. The lowest BCUT2D eigenvalue weighted by molar-refractivity contribution is -0.395. The van der Waals surface area contributed by atoms with E-state index in [1.165, 1.54) is 0 Å². The lowest BCUT2D eigenvalue weighted by Crippen LogP contribution is -1.95. The number of nitro benzene ring substituents is 2. The van der Waals surface area contributed by atoms with Gasteiger partial charge in [0, 0.05) is 6.07 Å². The Morgan fingerprint density at radius 1 is 1.05 bits per heavy atom. The fourth-order valence-electron chi connectivity index (χ4n) is 1.31. The van der Waals surface area contributed by atoms with Crippen molar-refractivity contribution in [3.05, 3.63) is 74.6 Å².